The SMILES string of the molecule is CC1(C)CCN(Cc2ccc(F)cc2C#CCO)C1. The maximum absolute atomic E-state index is 13.3. The Morgan fingerprint density at radius 1 is 1.42 bits per heavy atom. The van der Waals surface area contributed by atoms with Crippen LogP contribution in [-0.4, -0.2) is 29.7 Å². The molecule has 0 radical (unpaired) electrons. The topological polar surface area (TPSA) is 23.5 Å². The third-order valence-electron chi connectivity index (χ3n) is 3.52. The molecule has 1 aliphatic rings. The van der Waals surface area contributed by atoms with Gasteiger partial charge in [0, 0.05) is 18.7 Å². The van der Waals surface area contributed by atoms with Crippen molar-refractivity contribution >= 4 is 0 Å². The summed E-state index contributed by atoms with van der Waals surface area (Å²) < 4.78 is 13.3. The third kappa shape index (κ3) is 3.79. The Morgan fingerprint density at radius 2 is 2.21 bits per heavy atom. The van der Waals surface area contributed by atoms with Gasteiger partial charge in [0.05, 0.1) is 0 Å². The number of halogens is 1. The number of hydrogen-bond acceptors (Lipinski definition) is 2. The summed E-state index contributed by atoms with van der Waals surface area (Å²) in [4.78, 5) is 2.37. The van der Waals surface area contributed by atoms with Gasteiger partial charge in [-0.15, -0.1) is 0 Å². The summed E-state index contributed by atoms with van der Waals surface area (Å²) in [6.45, 7) is 7.24. The summed E-state index contributed by atoms with van der Waals surface area (Å²) in [5, 5.41) is 8.76. The zero-order valence-corrected chi connectivity index (χ0v) is 11.5. The van der Waals surface area contributed by atoms with Crippen molar-refractivity contribution in [3.05, 3.63) is 35.1 Å². The lowest BCUT2D eigenvalue weighted by Gasteiger charge is -2.20. The van der Waals surface area contributed by atoms with Gasteiger partial charge in [0.1, 0.15) is 12.4 Å². The molecule has 0 bridgehead atoms. The van der Waals surface area contributed by atoms with E-state index in [4.69, 9.17) is 5.11 Å². The quantitative estimate of drug-likeness (QED) is 0.826. The van der Waals surface area contributed by atoms with E-state index >= 15 is 0 Å². The molecule has 3 heteroatoms. The summed E-state index contributed by atoms with van der Waals surface area (Å²) in [5.74, 6) is 5.14. The Balaban J connectivity index is 2.16. The minimum absolute atomic E-state index is 0.202. The van der Waals surface area contributed by atoms with Crippen LogP contribution in [-0.2, 0) is 6.54 Å². The number of benzene rings is 1. The molecule has 1 aliphatic heterocycles. The molecule has 1 aromatic carbocycles. The molecule has 2 nitrogen and oxygen atoms in total. The van der Waals surface area contributed by atoms with Gasteiger partial charge in [0.15, 0.2) is 0 Å². The van der Waals surface area contributed by atoms with Crippen LogP contribution in [0.4, 0.5) is 4.39 Å². The van der Waals surface area contributed by atoms with E-state index in [1.807, 2.05) is 0 Å². The summed E-state index contributed by atoms with van der Waals surface area (Å²) in [5.41, 5.74) is 2.07. The molecular formula is C16H20FNO. The first-order valence-electron chi connectivity index (χ1n) is 6.61. The second-order valence-electron chi connectivity index (χ2n) is 5.89. The van der Waals surface area contributed by atoms with Crippen LogP contribution in [0.5, 0.6) is 0 Å². The molecule has 0 aliphatic carbocycles. The molecule has 0 unspecified atom stereocenters. The Hall–Kier alpha value is -1.37. The lowest BCUT2D eigenvalue weighted by Crippen LogP contribution is -2.23. The standard InChI is InChI=1S/C16H20FNO/c1-16(2)7-8-18(12-16)11-14-5-6-15(17)10-13(14)4-3-9-19/h5-6,10,19H,7-9,11-12H2,1-2H3. The Morgan fingerprint density at radius 3 is 2.84 bits per heavy atom. The lowest BCUT2D eigenvalue weighted by molar-refractivity contribution is 0.284. The summed E-state index contributed by atoms with van der Waals surface area (Å²) in [7, 11) is 0. The molecule has 0 amide bonds. The molecule has 0 atom stereocenters. The van der Waals surface area contributed by atoms with Gasteiger partial charge in [0.25, 0.3) is 0 Å². The smallest absolute Gasteiger partial charge is 0.124 e. The molecule has 1 N–H and O–H groups in total. The fourth-order valence-corrected chi connectivity index (χ4v) is 2.54. The van der Waals surface area contributed by atoms with Crippen LogP contribution in [0.15, 0.2) is 18.2 Å². The van der Waals surface area contributed by atoms with Gasteiger partial charge in [0.2, 0.25) is 0 Å². The van der Waals surface area contributed by atoms with E-state index in [0.717, 1.165) is 25.2 Å². The van der Waals surface area contributed by atoms with Crippen LogP contribution in [0.3, 0.4) is 0 Å². The minimum atomic E-state index is -0.284. The predicted molar refractivity (Wildman–Crippen MR) is 74.0 cm³/mol. The van der Waals surface area contributed by atoms with E-state index in [-0.39, 0.29) is 12.4 Å². The minimum Gasteiger partial charge on any atom is -0.384 e. The van der Waals surface area contributed by atoms with E-state index < -0.39 is 0 Å². The molecule has 1 saturated heterocycles. The number of aliphatic hydroxyl groups excluding tert-OH is 1. The Labute approximate surface area is 114 Å². The summed E-state index contributed by atoms with van der Waals surface area (Å²) >= 11 is 0. The number of nitrogens with zero attached hydrogens (tertiary/aromatic N) is 1. The van der Waals surface area contributed by atoms with E-state index in [9.17, 15) is 4.39 Å². The Kier molecular flexibility index (Phi) is 4.24. The van der Waals surface area contributed by atoms with Gasteiger partial charge in [-0.1, -0.05) is 31.8 Å². The fraction of sp³-hybridized carbons (Fsp3) is 0.500. The van der Waals surface area contributed by atoms with Crippen molar-refractivity contribution in [2.45, 2.75) is 26.8 Å². The van der Waals surface area contributed by atoms with Crippen molar-refractivity contribution in [1.82, 2.24) is 4.90 Å². The largest absolute Gasteiger partial charge is 0.384 e. The van der Waals surface area contributed by atoms with Crippen LogP contribution in [0.25, 0.3) is 0 Å². The van der Waals surface area contributed by atoms with Crippen LogP contribution in [0, 0.1) is 23.1 Å². The second-order valence-corrected chi connectivity index (χ2v) is 5.89. The van der Waals surface area contributed by atoms with E-state index in [1.165, 1.54) is 18.6 Å². The zero-order chi connectivity index (χ0) is 13.9. The van der Waals surface area contributed by atoms with Crippen molar-refractivity contribution in [3.63, 3.8) is 0 Å². The monoisotopic (exact) mass is 261 g/mol. The molecule has 0 aromatic heterocycles. The van der Waals surface area contributed by atoms with Gasteiger partial charge >= 0.3 is 0 Å². The van der Waals surface area contributed by atoms with Crippen molar-refractivity contribution in [2.75, 3.05) is 19.7 Å². The highest BCUT2D eigenvalue weighted by Gasteiger charge is 2.29. The molecular weight excluding hydrogens is 241 g/mol. The van der Waals surface area contributed by atoms with Crippen LogP contribution in [0.1, 0.15) is 31.4 Å². The van der Waals surface area contributed by atoms with Gasteiger partial charge in [-0.05, 0) is 36.1 Å². The Bertz CT molecular complexity index is 513. The molecule has 1 fully saturated rings. The van der Waals surface area contributed by atoms with Gasteiger partial charge in [-0.3, -0.25) is 4.90 Å². The maximum Gasteiger partial charge on any atom is 0.124 e. The average molecular weight is 261 g/mol. The molecule has 1 heterocycles. The van der Waals surface area contributed by atoms with Crippen molar-refractivity contribution in [3.8, 4) is 11.8 Å². The average Bonchev–Trinajstić information content (AvgIpc) is 2.69. The number of rotatable bonds is 2. The lowest BCUT2D eigenvalue weighted by atomic mass is 9.93. The van der Waals surface area contributed by atoms with Crippen LogP contribution >= 0.6 is 0 Å². The summed E-state index contributed by atoms with van der Waals surface area (Å²) in [6, 6.07) is 4.71. The number of hydrogen-bond donors (Lipinski definition) is 1. The van der Waals surface area contributed by atoms with Crippen LogP contribution < -0.4 is 0 Å². The number of likely N-dealkylation sites (tertiary alicyclic amines) is 1. The van der Waals surface area contributed by atoms with E-state index in [1.54, 1.807) is 6.07 Å². The second kappa shape index (κ2) is 5.73. The molecule has 0 spiro atoms. The van der Waals surface area contributed by atoms with Gasteiger partial charge < -0.3 is 5.11 Å². The molecule has 102 valence electrons. The highest BCUT2D eigenvalue weighted by atomic mass is 19.1. The number of aliphatic hydroxyl groups is 1. The normalized spacial score (nSPS) is 18.1. The van der Waals surface area contributed by atoms with Crippen molar-refractivity contribution in [1.29, 1.82) is 0 Å². The molecule has 19 heavy (non-hydrogen) atoms. The predicted octanol–water partition coefficient (Wildman–Crippen LogP) is 2.40. The first-order valence-corrected chi connectivity index (χ1v) is 6.61. The highest BCUT2D eigenvalue weighted by Crippen LogP contribution is 2.30. The first-order chi connectivity index (χ1) is 9.00. The molecule has 2 rings (SSSR count). The van der Waals surface area contributed by atoms with Gasteiger partial charge in [-0.2, -0.15) is 0 Å². The zero-order valence-electron chi connectivity index (χ0n) is 11.5. The molecule has 1 aromatic rings. The maximum atomic E-state index is 13.3. The van der Waals surface area contributed by atoms with E-state index in [2.05, 4.69) is 30.6 Å². The van der Waals surface area contributed by atoms with Crippen LogP contribution in [0.2, 0.25) is 0 Å². The van der Waals surface area contributed by atoms with Crippen molar-refractivity contribution < 1.29 is 9.50 Å². The van der Waals surface area contributed by atoms with Crippen molar-refractivity contribution in [2.24, 2.45) is 5.41 Å². The molecule has 0 saturated carbocycles. The summed E-state index contributed by atoms with van der Waals surface area (Å²) in [6.07, 6.45) is 1.19. The van der Waals surface area contributed by atoms with E-state index in [0.29, 0.717) is 11.0 Å². The highest BCUT2D eigenvalue weighted by molar-refractivity contribution is 5.41. The van der Waals surface area contributed by atoms with Gasteiger partial charge in [-0.25, -0.2) is 4.39 Å². The first kappa shape index (κ1) is 14.0. The third-order valence-corrected chi connectivity index (χ3v) is 3.52. The fourth-order valence-electron chi connectivity index (χ4n) is 2.54.